The smallest absolute Gasteiger partial charge is 0.117 e. The lowest BCUT2D eigenvalue weighted by Crippen LogP contribution is -2.36. The van der Waals surface area contributed by atoms with Crippen LogP contribution in [0.4, 0.5) is 0 Å². The summed E-state index contributed by atoms with van der Waals surface area (Å²) in [5.74, 6) is -0.482. The van der Waals surface area contributed by atoms with Crippen molar-refractivity contribution in [2.24, 2.45) is 0 Å². The molecule has 1 aromatic carbocycles. The number of aromatic nitrogens is 1. The molecule has 110 valence electrons. The molecule has 0 bridgehead atoms. The largest absolute Gasteiger partial charge is 0.384 e. The van der Waals surface area contributed by atoms with Crippen molar-refractivity contribution in [3.8, 4) is 0 Å². The molecule has 0 aliphatic heterocycles. The number of nitrogens with zero attached hydrogens (tertiary/aromatic N) is 1. The quantitative estimate of drug-likeness (QED) is 0.630. The third kappa shape index (κ3) is 3.46. The lowest BCUT2D eigenvalue weighted by Gasteiger charge is -2.37. The van der Waals surface area contributed by atoms with E-state index in [2.05, 4.69) is 11.6 Å². The molecule has 0 fully saturated rings. The Hall–Kier alpha value is -1.35. The Bertz CT molecular complexity index is 574. The Labute approximate surface area is 135 Å². The molecule has 0 aliphatic rings. The van der Waals surface area contributed by atoms with Crippen LogP contribution in [0.1, 0.15) is 23.5 Å². The minimum atomic E-state index is -1.26. The molecule has 0 aliphatic carbocycles. The first-order valence-electron chi connectivity index (χ1n) is 6.66. The van der Waals surface area contributed by atoms with Crippen LogP contribution in [-0.4, -0.2) is 14.9 Å². The van der Waals surface area contributed by atoms with E-state index in [1.165, 1.54) is 0 Å². The van der Waals surface area contributed by atoms with Gasteiger partial charge in [0.25, 0.3) is 0 Å². The van der Waals surface area contributed by atoms with Gasteiger partial charge in [-0.2, -0.15) is 0 Å². The van der Waals surface area contributed by atoms with E-state index in [1.54, 1.807) is 24.5 Å². The normalized spacial score (nSPS) is 15.4. The summed E-state index contributed by atoms with van der Waals surface area (Å²) in [6.45, 7) is 3.74. The molecule has 2 nitrogen and oxygen atoms in total. The molecule has 1 N–H and O–H groups in total. The number of halogens is 2. The highest BCUT2D eigenvalue weighted by atomic mass is 35.5. The molecule has 1 aromatic heterocycles. The van der Waals surface area contributed by atoms with E-state index in [9.17, 15) is 5.11 Å². The summed E-state index contributed by atoms with van der Waals surface area (Å²) in [5.41, 5.74) is 0.289. The Balaban J connectivity index is 2.55. The van der Waals surface area contributed by atoms with E-state index in [4.69, 9.17) is 23.2 Å². The molecule has 0 saturated carbocycles. The van der Waals surface area contributed by atoms with Crippen molar-refractivity contribution in [1.82, 2.24) is 4.98 Å². The van der Waals surface area contributed by atoms with Gasteiger partial charge in [-0.1, -0.05) is 42.5 Å². The van der Waals surface area contributed by atoms with Crippen LogP contribution in [0, 0.1) is 0 Å². The molecule has 21 heavy (non-hydrogen) atoms. The zero-order valence-electron chi connectivity index (χ0n) is 11.5. The van der Waals surface area contributed by atoms with Crippen molar-refractivity contribution in [2.45, 2.75) is 22.8 Å². The highest BCUT2D eigenvalue weighted by Crippen LogP contribution is 2.44. The molecule has 0 saturated heterocycles. The summed E-state index contributed by atoms with van der Waals surface area (Å²) >= 11 is 12.4. The Kier molecular flexibility index (Phi) is 5.40. The van der Waals surface area contributed by atoms with E-state index in [1.807, 2.05) is 36.4 Å². The number of hydrogen-bond acceptors (Lipinski definition) is 2. The Morgan fingerprint density at radius 3 is 2.43 bits per heavy atom. The zero-order chi connectivity index (χ0) is 15.3. The van der Waals surface area contributed by atoms with E-state index in [-0.39, 0.29) is 0 Å². The molecule has 2 aromatic rings. The van der Waals surface area contributed by atoms with Crippen molar-refractivity contribution < 1.29 is 5.11 Å². The number of alkyl halides is 2. The highest BCUT2D eigenvalue weighted by molar-refractivity contribution is 6.44. The second kappa shape index (κ2) is 7.08. The summed E-state index contributed by atoms with van der Waals surface area (Å²) in [5, 5.41) is 11.3. The van der Waals surface area contributed by atoms with Gasteiger partial charge in [0.05, 0.1) is 0 Å². The Morgan fingerprint density at radius 1 is 1.19 bits per heavy atom. The monoisotopic (exact) mass is 321 g/mol. The van der Waals surface area contributed by atoms with Crippen LogP contribution in [0.25, 0.3) is 0 Å². The maximum absolute atomic E-state index is 11.3. The van der Waals surface area contributed by atoms with Gasteiger partial charge in [0.15, 0.2) is 0 Å². The SMILES string of the molecule is C=CCC(O)(c1cccnc1)C(c1ccccc1)C(Cl)Cl. The fourth-order valence-corrected chi connectivity index (χ4v) is 3.26. The van der Waals surface area contributed by atoms with Crippen LogP contribution >= 0.6 is 23.2 Å². The standard InChI is InChI=1S/C17H17Cl2NO/c1-2-10-17(21,14-9-6-11-20-12-14)15(16(18)19)13-7-4-3-5-8-13/h2-9,11-12,15-16,21H,1,10H2. The number of benzene rings is 1. The van der Waals surface area contributed by atoms with E-state index < -0.39 is 16.4 Å². The molecule has 2 unspecified atom stereocenters. The summed E-state index contributed by atoms with van der Waals surface area (Å²) in [7, 11) is 0. The van der Waals surface area contributed by atoms with E-state index in [0.29, 0.717) is 12.0 Å². The maximum Gasteiger partial charge on any atom is 0.117 e. The molecular weight excluding hydrogens is 305 g/mol. The van der Waals surface area contributed by atoms with Crippen molar-refractivity contribution in [3.63, 3.8) is 0 Å². The summed E-state index contributed by atoms with van der Waals surface area (Å²) in [6, 6.07) is 13.1. The minimum absolute atomic E-state index is 0.328. The van der Waals surface area contributed by atoms with E-state index in [0.717, 1.165) is 5.56 Å². The van der Waals surface area contributed by atoms with Gasteiger partial charge >= 0.3 is 0 Å². The van der Waals surface area contributed by atoms with Crippen LogP contribution in [0.5, 0.6) is 0 Å². The van der Waals surface area contributed by atoms with Gasteiger partial charge in [-0.25, -0.2) is 0 Å². The van der Waals surface area contributed by atoms with Gasteiger partial charge < -0.3 is 5.11 Å². The van der Waals surface area contributed by atoms with Crippen LogP contribution in [0.15, 0.2) is 67.5 Å². The molecule has 0 spiro atoms. The van der Waals surface area contributed by atoms with Crippen LogP contribution in [-0.2, 0) is 5.60 Å². The average Bonchev–Trinajstić information content (AvgIpc) is 2.49. The molecule has 2 rings (SSSR count). The molecule has 1 heterocycles. The first-order valence-corrected chi connectivity index (χ1v) is 7.53. The molecule has 2 atom stereocenters. The molecule has 0 amide bonds. The van der Waals surface area contributed by atoms with Gasteiger partial charge in [0.1, 0.15) is 10.4 Å². The highest BCUT2D eigenvalue weighted by Gasteiger charge is 2.42. The van der Waals surface area contributed by atoms with Gasteiger partial charge in [0, 0.05) is 23.9 Å². The Morgan fingerprint density at radius 2 is 1.90 bits per heavy atom. The van der Waals surface area contributed by atoms with Crippen LogP contribution < -0.4 is 0 Å². The first kappa shape index (κ1) is 16.0. The van der Waals surface area contributed by atoms with Crippen LogP contribution in [0.2, 0.25) is 0 Å². The zero-order valence-corrected chi connectivity index (χ0v) is 13.0. The van der Waals surface area contributed by atoms with Crippen molar-refractivity contribution >= 4 is 23.2 Å². The van der Waals surface area contributed by atoms with Gasteiger partial charge in [-0.15, -0.1) is 29.8 Å². The second-order valence-electron chi connectivity index (χ2n) is 4.88. The predicted molar refractivity (Wildman–Crippen MR) is 87.6 cm³/mol. The fraction of sp³-hybridized carbons (Fsp3) is 0.235. The fourth-order valence-electron chi connectivity index (χ4n) is 2.55. The topological polar surface area (TPSA) is 33.1 Å². The van der Waals surface area contributed by atoms with Crippen LogP contribution in [0.3, 0.4) is 0 Å². The van der Waals surface area contributed by atoms with Gasteiger partial charge in [-0.05, 0) is 18.1 Å². The second-order valence-corrected chi connectivity index (χ2v) is 6.05. The lowest BCUT2D eigenvalue weighted by molar-refractivity contribution is 0.0134. The summed E-state index contributed by atoms with van der Waals surface area (Å²) in [6.07, 6.45) is 5.29. The lowest BCUT2D eigenvalue weighted by atomic mass is 9.76. The van der Waals surface area contributed by atoms with Crippen molar-refractivity contribution in [3.05, 3.63) is 78.6 Å². The molecule has 4 heteroatoms. The number of aliphatic hydroxyl groups is 1. The number of hydrogen-bond donors (Lipinski definition) is 1. The summed E-state index contributed by atoms with van der Waals surface area (Å²) < 4.78 is 0. The predicted octanol–water partition coefficient (Wildman–Crippen LogP) is 4.43. The van der Waals surface area contributed by atoms with E-state index >= 15 is 0 Å². The maximum atomic E-state index is 11.3. The van der Waals surface area contributed by atoms with Gasteiger partial charge in [0.2, 0.25) is 0 Å². The first-order chi connectivity index (χ1) is 10.1. The summed E-state index contributed by atoms with van der Waals surface area (Å²) in [4.78, 5) is 3.32. The number of rotatable bonds is 6. The molecular formula is C17H17Cl2NO. The average molecular weight is 322 g/mol. The van der Waals surface area contributed by atoms with Crippen molar-refractivity contribution in [2.75, 3.05) is 0 Å². The molecule has 0 radical (unpaired) electrons. The third-order valence-corrected chi connectivity index (χ3v) is 4.05. The third-order valence-electron chi connectivity index (χ3n) is 3.54. The number of pyridine rings is 1. The minimum Gasteiger partial charge on any atom is -0.384 e. The van der Waals surface area contributed by atoms with Gasteiger partial charge in [-0.3, -0.25) is 4.98 Å². The van der Waals surface area contributed by atoms with Crippen molar-refractivity contribution in [1.29, 1.82) is 0 Å².